The van der Waals surface area contributed by atoms with Gasteiger partial charge in [0.15, 0.2) is 0 Å². The van der Waals surface area contributed by atoms with E-state index in [0.29, 0.717) is 13.1 Å². The van der Waals surface area contributed by atoms with E-state index in [1.165, 1.54) is 8.61 Å². The first-order chi connectivity index (χ1) is 8.37. The molecule has 0 saturated carbocycles. The van der Waals surface area contributed by atoms with Crippen LogP contribution in [0.1, 0.15) is 40.5 Å². The van der Waals surface area contributed by atoms with Crippen LogP contribution in [0.2, 0.25) is 0 Å². The molecule has 0 aromatic carbocycles. The molecule has 0 radical (unpaired) electrons. The molecule has 5 nitrogen and oxygen atoms in total. The molecule has 0 saturated heterocycles. The van der Waals surface area contributed by atoms with Crippen molar-refractivity contribution in [2.75, 3.05) is 33.2 Å². The van der Waals surface area contributed by atoms with Gasteiger partial charge in [0.1, 0.15) is 0 Å². The summed E-state index contributed by atoms with van der Waals surface area (Å²) in [7, 11) is -1.65. The molecular formula is C12H29N3O2S. The Morgan fingerprint density at radius 3 is 2.22 bits per heavy atom. The van der Waals surface area contributed by atoms with Crippen molar-refractivity contribution in [2.24, 2.45) is 0 Å². The highest BCUT2D eigenvalue weighted by Gasteiger charge is 2.27. The summed E-state index contributed by atoms with van der Waals surface area (Å²) in [6.07, 6.45) is 1.94. The molecule has 0 aromatic rings. The van der Waals surface area contributed by atoms with Crippen LogP contribution in [0.5, 0.6) is 0 Å². The van der Waals surface area contributed by atoms with Crippen molar-refractivity contribution < 1.29 is 8.42 Å². The molecule has 6 heteroatoms. The summed E-state index contributed by atoms with van der Waals surface area (Å²) in [5.41, 5.74) is 0. The lowest BCUT2D eigenvalue weighted by Gasteiger charge is -2.29. The summed E-state index contributed by atoms with van der Waals surface area (Å²) in [5.74, 6) is 0. The van der Waals surface area contributed by atoms with Crippen molar-refractivity contribution in [3.05, 3.63) is 0 Å². The van der Waals surface area contributed by atoms with Gasteiger partial charge >= 0.3 is 0 Å². The van der Waals surface area contributed by atoms with E-state index in [9.17, 15) is 8.42 Å². The first kappa shape index (κ1) is 17.8. The van der Waals surface area contributed by atoms with Crippen LogP contribution in [0.15, 0.2) is 0 Å². The molecule has 0 fully saturated rings. The third-order valence-corrected chi connectivity index (χ3v) is 5.07. The zero-order valence-corrected chi connectivity index (χ0v) is 13.3. The zero-order valence-electron chi connectivity index (χ0n) is 12.4. The SMILES string of the molecule is CCCNCCCN(C)S(=O)(=O)N(CC)C(C)C. The average Bonchev–Trinajstić information content (AvgIpc) is 2.28. The highest BCUT2D eigenvalue weighted by molar-refractivity contribution is 7.86. The molecule has 18 heavy (non-hydrogen) atoms. The average molecular weight is 279 g/mol. The molecule has 1 N–H and O–H groups in total. The van der Waals surface area contributed by atoms with Gasteiger partial charge in [-0.3, -0.25) is 0 Å². The second-order valence-electron chi connectivity index (χ2n) is 4.73. The second kappa shape index (κ2) is 8.85. The second-order valence-corrected chi connectivity index (χ2v) is 6.72. The Kier molecular flexibility index (Phi) is 8.77. The normalized spacial score (nSPS) is 12.9. The van der Waals surface area contributed by atoms with Gasteiger partial charge in [-0.15, -0.1) is 0 Å². The van der Waals surface area contributed by atoms with E-state index >= 15 is 0 Å². The fourth-order valence-corrected chi connectivity index (χ4v) is 3.39. The van der Waals surface area contributed by atoms with E-state index in [1.807, 2.05) is 20.8 Å². The Morgan fingerprint density at radius 1 is 1.17 bits per heavy atom. The summed E-state index contributed by atoms with van der Waals surface area (Å²) in [6.45, 7) is 10.7. The predicted octanol–water partition coefficient (Wildman–Crippen LogP) is 1.28. The lowest BCUT2D eigenvalue weighted by atomic mass is 10.4. The third-order valence-electron chi connectivity index (χ3n) is 2.83. The number of hydrogen-bond donors (Lipinski definition) is 1. The van der Waals surface area contributed by atoms with Crippen LogP contribution in [0, 0.1) is 0 Å². The summed E-state index contributed by atoms with van der Waals surface area (Å²) in [6, 6.07) is 0.000617. The quantitative estimate of drug-likeness (QED) is 0.613. The van der Waals surface area contributed by atoms with Crippen molar-refractivity contribution in [3.63, 3.8) is 0 Å². The summed E-state index contributed by atoms with van der Waals surface area (Å²) < 4.78 is 27.5. The number of hydrogen-bond acceptors (Lipinski definition) is 3. The minimum Gasteiger partial charge on any atom is -0.317 e. The van der Waals surface area contributed by atoms with Crippen molar-refractivity contribution in [1.29, 1.82) is 0 Å². The number of rotatable bonds is 10. The first-order valence-electron chi connectivity index (χ1n) is 6.81. The van der Waals surface area contributed by atoms with Gasteiger partial charge in [-0.05, 0) is 39.8 Å². The Hall–Kier alpha value is -0.170. The Balaban J connectivity index is 4.25. The molecule has 0 unspecified atom stereocenters. The monoisotopic (exact) mass is 279 g/mol. The maximum absolute atomic E-state index is 12.3. The molecule has 0 aromatic heterocycles. The van der Waals surface area contributed by atoms with Gasteiger partial charge < -0.3 is 5.32 Å². The molecule has 0 aliphatic carbocycles. The molecule has 0 spiro atoms. The minimum absolute atomic E-state index is 0.000617. The molecule has 0 rings (SSSR count). The maximum Gasteiger partial charge on any atom is 0.281 e. The van der Waals surface area contributed by atoms with Gasteiger partial charge in [0.2, 0.25) is 0 Å². The molecule has 0 bridgehead atoms. The van der Waals surface area contributed by atoms with Crippen molar-refractivity contribution in [1.82, 2.24) is 13.9 Å². The number of nitrogens with one attached hydrogen (secondary N) is 1. The van der Waals surface area contributed by atoms with E-state index in [-0.39, 0.29) is 6.04 Å². The Morgan fingerprint density at radius 2 is 1.78 bits per heavy atom. The van der Waals surface area contributed by atoms with Crippen molar-refractivity contribution in [3.8, 4) is 0 Å². The standard InChI is InChI=1S/C12H29N3O2S/c1-6-9-13-10-8-11-14(5)18(16,17)15(7-2)12(3)4/h12-13H,6-11H2,1-5H3. The van der Waals surface area contributed by atoms with Gasteiger partial charge in [0.25, 0.3) is 10.2 Å². The van der Waals surface area contributed by atoms with Crippen LogP contribution in [0.3, 0.4) is 0 Å². The highest BCUT2D eigenvalue weighted by atomic mass is 32.2. The molecule has 0 aliphatic heterocycles. The van der Waals surface area contributed by atoms with E-state index in [2.05, 4.69) is 12.2 Å². The molecular weight excluding hydrogens is 250 g/mol. The summed E-state index contributed by atoms with van der Waals surface area (Å²) in [4.78, 5) is 0. The van der Waals surface area contributed by atoms with Gasteiger partial charge in [-0.1, -0.05) is 13.8 Å². The molecule has 110 valence electrons. The first-order valence-corrected chi connectivity index (χ1v) is 8.21. The fraction of sp³-hybridized carbons (Fsp3) is 1.00. The van der Waals surface area contributed by atoms with E-state index in [4.69, 9.17) is 0 Å². The molecule has 0 atom stereocenters. The Labute approximate surface area is 113 Å². The molecule has 0 heterocycles. The van der Waals surface area contributed by atoms with Gasteiger partial charge in [-0.25, -0.2) is 0 Å². The van der Waals surface area contributed by atoms with E-state index < -0.39 is 10.2 Å². The predicted molar refractivity (Wildman–Crippen MR) is 76.8 cm³/mol. The smallest absolute Gasteiger partial charge is 0.281 e. The lowest BCUT2D eigenvalue weighted by molar-refractivity contribution is 0.327. The summed E-state index contributed by atoms with van der Waals surface area (Å²) >= 11 is 0. The molecule has 0 aliphatic rings. The van der Waals surface area contributed by atoms with Crippen LogP contribution < -0.4 is 5.32 Å². The fourth-order valence-electron chi connectivity index (χ4n) is 1.82. The number of nitrogens with zero attached hydrogens (tertiary/aromatic N) is 2. The van der Waals surface area contributed by atoms with Crippen molar-refractivity contribution >= 4 is 10.2 Å². The molecule has 0 amide bonds. The highest BCUT2D eigenvalue weighted by Crippen LogP contribution is 2.10. The van der Waals surface area contributed by atoms with Gasteiger partial charge in [-0.2, -0.15) is 17.0 Å². The van der Waals surface area contributed by atoms with Gasteiger partial charge in [0, 0.05) is 26.2 Å². The minimum atomic E-state index is -3.30. The van der Waals surface area contributed by atoms with Crippen LogP contribution in [-0.4, -0.2) is 56.3 Å². The van der Waals surface area contributed by atoms with E-state index in [1.54, 1.807) is 7.05 Å². The van der Waals surface area contributed by atoms with Crippen LogP contribution >= 0.6 is 0 Å². The Bertz CT molecular complexity index is 304. The van der Waals surface area contributed by atoms with Gasteiger partial charge in [0.05, 0.1) is 0 Å². The maximum atomic E-state index is 12.3. The van der Waals surface area contributed by atoms with Crippen LogP contribution in [0.25, 0.3) is 0 Å². The zero-order chi connectivity index (χ0) is 14.2. The van der Waals surface area contributed by atoms with E-state index in [0.717, 1.165) is 25.9 Å². The lowest BCUT2D eigenvalue weighted by Crippen LogP contribution is -2.45. The van der Waals surface area contributed by atoms with Crippen molar-refractivity contribution in [2.45, 2.75) is 46.6 Å². The van der Waals surface area contributed by atoms with Crippen LogP contribution in [-0.2, 0) is 10.2 Å². The van der Waals surface area contributed by atoms with Crippen LogP contribution in [0.4, 0.5) is 0 Å². The largest absolute Gasteiger partial charge is 0.317 e. The summed E-state index contributed by atoms with van der Waals surface area (Å²) in [5, 5.41) is 3.27. The third kappa shape index (κ3) is 5.65. The topological polar surface area (TPSA) is 52.7 Å².